The third-order valence-electron chi connectivity index (χ3n) is 3.18. The molecule has 1 aromatic rings. The van der Waals surface area contributed by atoms with Gasteiger partial charge in [0.15, 0.2) is 0 Å². The molecule has 18 heavy (non-hydrogen) atoms. The van der Waals surface area contributed by atoms with Gasteiger partial charge in [-0.25, -0.2) is 4.98 Å². The first-order chi connectivity index (χ1) is 8.52. The molecule has 2 amide bonds. The Balaban J connectivity index is 2.19. The summed E-state index contributed by atoms with van der Waals surface area (Å²) in [5, 5.41) is 2.58. The number of carbonyl (C=O) groups excluding carboxylic acids is 2. The van der Waals surface area contributed by atoms with Crippen LogP contribution in [-0.2, 0) is 16.1 Å². The fourth-order valence-corrected chi connectivity index (χ4v) is 2.05. The van der Waals surface area contributed by atoms with Crippen LogP contribution in [-0.4, -0.2) is 34.3 Å². The van der Waals surface area contributed by atoms with Crippen molar-refractivity contribution in [2.45, 2.75) is 39.8 Å². The molecule has 1 saturated heterocycles. The molecule has 0 spiro atoms. The maximum Gasteiger partial charge on any atom is 0.243 e. The smallest absolute Gasteiger partial charge is 0.243 e. The molecular weight excluding hydrogens is 234 g/mol. The van der Waals surface area contributed by atoms with Crippen LogP contribution in [0.2, 0.25) is 0 Å². The van der Waals surface area contributed by atoms with Gasteiger partial charge in [-0.3, -0.25) is 9.59 Å². The van der Waals surface area contributed by atoms with Crippen LogP contribution in [0.5, 0.6) is 0 Å². The molecule has 0 aliphatic carbocycles. The molecule has 6 heteroatoms. The SMILES string of the molecule is CCC1C(=O)NCC(=O)N1Cc1nc(C)c(C)o1. The Kier molecular flexibility index (Phi) is 3.36. The van der Waals surface area contributed by atoms with Gasteiger partial charge in [-0.15, -0.1) is 0 Å². The van der Waals surface area contributed by atoms with Gasteiger partial charge in [-0.1, -0.05) is 6.92 Å². The molecule has 1 aliphatic rings. The largest absolute Gasteiger partial charge is 0.444 e. The van der Waals surface area contributed by atoms with Gasteiger partial charge in [0.25, 0.3) is 0 Å². The number of hydrogen-bond acceptors (Lipinski definition) is 4. The molecule has 6 nitrogen and oxygen atoms in total. The summed E-state index contributed by atoms with van der Waals surface area (Å²) < 4.78 is 5.46. The first kappa shape index (κ1) is 12.6. The second kappa shape index (κ2) is 4.80. The fraction of sp³-hybridized carbons (Fsp3) is 0.583. The molecule has 1 fully saturated rings. The number of nitrogens with one attached hydrogen (secondary N) is 1. The highest BCUT2D eigenvalue weighted by molar-refractivity contribution is 5.94. The standard InChI is InChI=1S/C12H17N3O3/c1-4-9-12(17)13-5-11(16)15(9)6-10-14-7(2)8(3)18-10/h9H,4-6H2,1-3H3,(H,13,17). The third-order valence-corrected chi connectivity index (χ3v) is 3.18. The summed E-state index contributed by atoms with van der Waals surface area (Å²) in [7, 11) is 0. The molecule has 2 rings (SSSR count). The molecule has 1 aliphatic heterocycles. The van der Waals surface area contributed by atoms with Crippen molar-refractivity contribution in [1.82, 2.24) is 15.2 Å². The fourth-order valence-electron chi connectivity index (χ4n) is 2.05. The third kappa shape index (κ3) is 2.23. The van der Waals surface area contributed by atoms with Gasteiger partial charge in [0.1, 0.15) is 11.8 Å². The summed E-state index contributed by atoms with van der Waals surface area (Å²) >= 11 is 0. The number of oxazole rings is 1. The van der Waals surface area contributed by atoms with Crippen LogP contribution in [0.25, 0.3) is 0 Å². The van der Waals surface area contributed by atoms with Crippen LogP contribution >= 0.6 is 0 Å². The highest BCUT2D eigenvalue weighted by Gasteiger charge is 2.33. The number of carbonyl (C=O) groups is 2. The average molecular weight is 251 g/mol. The minimum absolute atomic E-state index is 0.0496. The Morgan fingerprint density at radius 2 is 2.17 bits per heavy atom. The summed E-state index contributed by atoms with van der Waals surface area (Å²) in [5.41, 5.74) is 0.812. The van der Waals surface area contributed by atoms with E-state index >= 15 is 0 Å². The second-order valence-corrected chi connectivity index (χ2v) is 4.41. The van der Waals surface area contributed by atoms with E-state index in [1.807, 2.05) is 20.8 Å². The molecule has 0 saturated carbocycles. The number of rotatable bonds is 3. The van der Waals surface area contributed by atoms with Gasteiger partial charge in [0.2, 0.25) is 17.7 Å². The van der Waals surface area contributed by atoms with Gasteiger partial charge in [-0.2, -0.15) is 0 Å². The normalized spacial score (nSPS) is 20.2. The zero-order chi connectivity index (χ0) is 13.3. The van der Waals surface area contributed by atoms with Crippen molar-refractivity contribution < 1.29 is 14.0 Å². The lowest BCUT2D eigenvalue weighted by Gasteiger charge is -2.33. The lowest BCUT2D eigenvalue weighted by molar-refractivity contribution is -0.146. The molecular formula is C12H17N3O3. The van der Waals surface area contributed by atoms with E-state index in [0.29, 0.717) is 12.3 Å². The number of amides is 2. The predicted octanol–water partition coefficient (Wildman–Crippen LogP) is 0.528. The van der Waals surface area contributed by atoms with Gasteiger partial charge in [0, 0.05) is 0 Å². The lowest BCUT2D eigenvalue weighted by atomic mass is 10.1. The summed E-state index contributed by atoms with van der Waals surface area (Å²) in [4.78, 5) is 29.3. The van der Waals surface area contributed by atoms with Crippen molar-refractivity contribution in [1.29, 1.82) is 0 Å². The van der Waals surface area contributed by atoms with Gasteiger partial charge >= 0.3 is 0 Å². The molecule has 1 N–H and O–H groups in total. The zero-order valence-electron chi connectivity index (χ0n) is 10.8. The Morgan fingerprint density at radius 1 is 1.44 bits per heavy atom. The van der Waals surface area contributed by atoms with Gasteiger partial charge in [-0.05, 0) is 20.3 Å². The van der Waals surface area contributed by atoms with Crippen LogP contribution in [0.1, 0.15) is 30.7 Å². The van der Waals surface area contributed by atoms with E-state index in [0.717, 1.165) is 11.5 Å². The highest BCUT2D eigenvalue weighted by atomic mass is 16.4. The quantitative estimate of drug-likeness (QED) is 0.850. The number of nitrogens with zero attached hydrogens (tertiary/aromatic N) is 2. The van der Waals surface area contributed by atoms with Crippen molar-refractivity contribution in [2.75, 3.05) is 6.54 Å². The van der Waals surface area contributed by atoms with Crippen LogP contribution < -0.4 is 5.32 Å². The lowest BCUT2D eigenvalue weighted by Crippen LogP contribution is -2.57. The van der Waals surface area contributed by atoms with Crippen LogP contribution in [0.3, 0.4) is 0 Å². The molecule has 1 aromatic heterocycles. The predicted molar refractivity (Wildman–Crippen MR) is 63.6 cm³/mol. The summed E-state index contributed by atoms with van der Waals surface area (Å²) in [5.74, 6) is 1.01. The highest BCUT2D eigenvalue weighted by Crippen LogP contribution is 2.16. The maximum absolute atomic E-state index is 11.8. The Hall–Kier alpha value is -1.85. The Morgan fingerprint density at radius 3 is 2.72 bits per heavy atom. The first-order valence-corrected chi connectivity index (χ1v) is 6.03. The van der Waals surface area contributed by atoms with E-state index in [-0.39, 0.29) is 24.9 Å². The number of aromatic nitrogens is 1. The molecule has 0 bridgehead atoms. The molecule has 0 radical (unpaired) electrons. The van der Waals surface area contributed by atoms with Gasteiger partial charge < -0.3 is 14.6 Å². The molecule has 98 valence electrons. The van der Waals surface area contributed by atoms with Crippen molar-refractivity contribution in [3.63, 3.8) is 0 Å². The van der Waals surface area contributed by atoms with Crippen LogP contribution in [0.4, 0.5) is 0 Å². The first-order valence-electron chi connectivity index (χ1n) is 6.03. The van der Waals surface area contributed by atoms with Crippen molar-refractivity contribution in [2.24, 2.45) is 0 Å². The topological polar surface area (TPSA) is 75.4 Å². The average Bonchev–Trinajstić information content (AvgIpc) is 2.64. The Labute approximate surface area is 105 Å². The molecule has 2 heterocycles. The van der Waals surface area contributed by atoms with E-state index in [1.54, 1.807) is 0 Å². The van der Waals surface area contributed by atoms with Crippen molar-refractivity contribution in [3.05, 3.63) is 17.3 Å². The van der Waals surface area contributed by atoms with Crippen molar-refractivity contribution in [3.8, 4) is 0 Å². The number of piperazine rings is 1. The van der Waals surface area contributed by atoms with E-state index in [2.05, 4.69) is 10.3 Å². The summed E-state index contributed by atoms with van der Waals surface area (Å²) in [6.45, 7) is 5.85. The number of aryl methyl sites for hydroxylation is 2. The molecule has 1 unspecified atom stereocenters. The molecule has 1 atom stereocenters. The zero-order valence-corrected chi connectivity index (χ0v) is 10.8. The monoisotopic (exact) mass is 251 g/mol. The summed E-state index contributed by atoms with van der Waals surface area (Å²) in [6.07, 6.45) is 0.580. The van der Waals surface area contributed by atoms with E-state index in [4.69, 9.17) is 4.42 Å². The van der Waals surface area contributed by atoms with Crippen molar-refractivity contribution >= 4 is 11.8 Å². The van der Waals surface area contributed by atoms with E-state index in [1.165, 1.54) is 4.90 Å². The minimum atomic E-state index is -0.432. The molecule has 0 aromatic carbocycles. The maximum atomic E-state index is 11.8. The van der Waals surface area contributed by atoms with E-state index in [9.17, 15) is 9.59 Å². The Bertz CT molecular complexity index is 461. The van der Waals surface area contributed by atoms with Crippen LogP contribution in [0, 0.1) is 13.8 Å². The number of hydrogen-bond donors (Lipinski definition) is 1. The second-order valence-electron chi connectivity index (χ2n) is 4.41. The summed E-state index contributed by atoms with van der Waals surface area (Å²) in [6, 6.07) is -0.432. The van der Waals surface area contributed by atoms with Crippen LogP contribution in [0.15, 0.2) is 4.42 Å². The van der Waals surface area contributed by atoms with E-state index < -0.39 is 6.04 Å². The minimum Gasteiger partial charge on any atom is -0.444 e. The van der Waals surface area contributed by atoms with Gasteiger partial charge in [0.05, 0.1) is 18.8 Å².